The molecule has 29 heavy (non-hydrogen) atoms. The second-order valence-electron chi connectivity index (χ2n) is 6.45. The van der Waals surface area contributed by atoms with Gasteiger partial charge in [-0.3, -0.25) is 14.5 Å². The molecular weight excluding hydrogens is 395 g/mol. The van der Waals surface area contributed by atoms with Gasteiger partial charge < -0.3 is 9.15 Å². The number of rotatable bonds is 3. The normalized spacial score (nSPS) is 15.7. The first kappa shape index (κ1) is 17.6. The minimum absolute atomic E-state index is 0.105. The molecule has 144 valence electrons. The van der Waals surface area contributed by atoms with Gasteiger partial charge in [-0.25, -0.2) is 9.37 Å². The van der Waals surface area contributed by atoms with Crippen LogP contribution in [0.25, 0.3) is 11.0 Å². The maximum atomic E-state index is 14.7. The summed E-state index contributed by atoms with van der Waals surface area (Å²) in [4.78, 5) is 32.1. The van der Waals surface area contributed by atoms with Crippen LogP contribution in [0.2, 0.25) is 0 Å². The van der Waals surface area contributed by atoms with Crippen LogP contribution in [0.15, 0.2) is 63.3 Å². The molecule has 0 bridgehead atoms. The molecule has 0 unspecified atom stereocenters. The number of methoxy groups -OCH3 is 1. The first-order valence-electron chi connectivity index (χ1n) is 8.72. The van der Waals surface area contributed by atoms with E-state index < -0.39 is 17.8 Å². The van der Waals surface area contributed by atoms with E-state index in [2.05, 4.69) is 4.98 Å². The lowest BCUT2D eigenvalue weighted by molar-refractivity contribution is 0.0970. The standard InChI is InChI=1S/C21H13FN2O4S/c1-27-11-6-7-13-15(10-11)28-19-16(18(13)25)17(12-4-2-3-5-14(12)22)24(20(19)26)21-23-8-9-29-21/h2-10,17H,1H3/t17-/m0/s1. The highest BCUT2D eigenvalue weighted by Crippen LogP contribution is 2.42. The summed E-state index contributed by atoms with van der Waals surface area (Å²) >= 11 is 1.22. The summed E-state index contributed by atoms with van der Waals surface area (Å²) in [5.41, 5.74) is 0.155. The molecule has 2 aromatic carbocycles. The van der Waals surface area contributed by atoms with Gasteiger partial charge in [0.2, 0.25) is 5.76 Å². The van der Waals surface area contributed by atoms with Gasteiger partial charge in [0.25, 0.3) is 5.91 Å². The third-order valence-electron chi connectivity index (χ3n) is 4.90. The predicted molar refractivity (Wildman–Crippen MR) is 106 cm³/mol. The molecule has 1 aliphatic rings. The van der Waals surface area contributed by atoms with Crippen molar-refractivity contribution in [3.8, 4) is 5.75 Å². The summed E-state index contributed by atoms with van der Waals surface area (Å²) in [5, 5.41) is 2.36. The monoisotopic (exact) mass is 408 g/mol. The predicted octanol–water partition coefficient (Wildman–Crippen LogP) is 4.15. The number of hydrogen-bond acceptors (Lipinski definition) is 6. The average molecular weight is 408 g/mol. The number of nitrogens with zero attached hydrogens (tertiary/aromatic N) is 2. The minimum atomic E-state index is -0.965. The Labute approximate surface area is 167 Å². The molecule has 2 aromatic heterocycles. The van der Waals surface area contributed by atoms with Crippen molar-refractivity contribution in [3.05, 3.63) is 87.0 Å². The van der Waals surface area contributed by atoms with Crippen molar-refractivity contribution in [2.45, 2.75) is 6.04 Å². The van der Waals surface area contributed by atoms with Crippen LogP contribution in [0.3, 0.4) is 0 Å². The summed E-state index contributed by atoms with van der Waals surface area (Å²) < 4.78 is 25.7. The van der Waals surface area contributed by atoms with E-state index in [9.17, 15) is 14.0 Å². The lowest BCUT2D eigenvalue weighted by Gasteiger charge is -2.22. The van der Waals surface area contributed by atoms with E-state index in [-0.39, 0.29) is 27.9 Å². The zero-order valence-corrected chi connectivity index (χ0v) is 15.9. The number of anilines is 1. The van der Waals surface area contributed by atoms with Gasteiger partial charge >= 0.3 is 0 Å². The highest BCUT2D eigenvalue weighted by Gasteiger charge is 2.45. The van der Waals surface area contributed by atoms with E-state index in [1.165, 1.54) is 29.4 Å². The number of aromatic nitrogens is 1. The number of halogens is 1. The van der Waals surface area contributed by atoms with E-state index in [4.69, 9.17) is 9.15 Å². The Hall–Kier alpha value is -3.52. The van der Waals surface area contributed by atoms with E-state index >= 15 is 0 Å². The van der Waals surface area contributed by atoms with Crippen LogP contribution >= 0.6 is 11.3 Å². The maximum absolute atomic E-state index is 14.7. The molecule has 0 fully saturated rings. The van der Waals surface area contributed by atoms with Crippen molar-refractivity contribution in [3.63, 3.8) is 0 Å². The number of carbonyl (C=O) groups excluding carboxylic acids is 1. The lowest BCUT2D eigenvalue weighted by atomic mass is 9.98. The van der Waals surface area contributed by atoms with Crippen molar-refractivity contribution >= 4 is 33.3 Å². The minimum Gasteiger partial charge on any atom is -0.497 e. The molecule has 0 spiro atoms. The number of amides is 1. The van der Waals surface area contributed by atoms with Crippen LogP contribution in [-0.2, 0) is 0 Å². The van der Waals surface area contributed by atoms with E-state index in [0.717, 1.165) is 0 Å². The van der Waals surface area contributed by atoms with Gasteiger partial charge in [-0.15, -0.1) is 11.3 Å². The fourth-order valence-corrected chi connectivity index (χ4v) is 4.27. The topological polar surface area (TPSA) is 72.6 Å². The highest BCUT2D eigenvalue weighted by atomic mass is 32.1. The van der Waals surface area contributed by atoms with Crippen molar-refractivity contribution in [2.75, 3.05) is 12.0 Å². The molecule has 0 radical (unpaired) electrons. The van der Waals surface area contributed by atoms with Crippen molar-refractivity contribution in [1.29, 1.82) is 0 Å². The van der Waals surface area contributed by atoms with Crippen LogP contribution < -0.4 is 15.1 Å². The SMILES string of the molecule is COc1ccc2c(=O)c3c(oc2c1)C(=O)N(c1nccs1)[C@H]3c1ccccc1F. The van der Waals surface area contributed by atoms with Gasteiger partial charge in [0, 0.05) is 23.2 Å². The first-order chi connectivity index (χ1) is 14.1. The molecule has 4 aromatic rings. The van der Waals surface area contributed by atoms with Crippen molar-refractivity contribution in [2.24, 2.45) is 0 Å². The molecular formula is C21H13FN2O4S. The van der Waals surface area contributed by atoms with Crippen LogP contribution in [-0.4, -0.2) is 18.0 Å². The maximum Gasteiger partial charge on any atom is 0.297 e. The molecule has 8 heteroatoms. The van der Waals surface area contributed by atoms with Crippen molar-refractivity contribution < 1.29 is 18.3 Å². The Bertz CT molecular complexity index is 1320. The van der Waals surface area contributed by atoms with Gasteiger partial charge in [0.15, 0.2) is 10.6 Å². The summed E-state index contributed by atoms with van der Waals surface area (Å²) in [6.45, 7) is 0. The molecule has 0 N–H and O–H groups in total. The average Bonchev–Trinajstić information content (AvgIpc) is 3.35. The fraction of sp³-hybridized carbons (Fsp3) is 0.0952. The second kappa shape index (κ2) is 6.52. The summed E-state index contributed by atoms with van der Waals surface area (Å²) in [7, 11) is 1.50. The van der Waals surface area contributed by atoms with Crippen molar-refractivity contribution in [1.82, 2.24) is 4.98 Å². The summed E-state index contributed by atoms with van der Waals surface area (Å²) in [6.07, 6.45) is 1.55. The molecule has 6 nitrogen and oxygen atoms in total. The summed E-state index contributed by atoms with van der Waals surface area (Å²) in [6, 6.07) is 9.87. The quantitative estimate of drug-likeness (QED) is 0.509. The largest absolute Gasteiger partial charge is 0.497 e. The number of hydrogen-bond donors (Lipinski definition) is 0. The van der Waals surface area contributed by atoms with E-state index in [1.807, 2.05) is 0 Å². The second-order valence-corrected chi connectivity index (χ2v) is 7.32. The van der Waals surface area contributed by atoms with E-state index in [0.29, 0.717) is 16.3 Å². The van der Waals surface area contributed by atoms with Gasteiger partial charge in [0.05, 0.1) is 18.1 Å². The van der Waals surface area contributed by atoms with Gasteiger partial charge in [0.1, 0.15) is 23.2 Å². The number of ether oxygens (including phenoxy) is 1. The first-order valence-corrected chi connectivity index (χ1v) is 9.60. The number of thiazole rings is 1. The highest BCUT2D eigenvalue weighted by molar-refractivity contribution is 7.13. The smallest absolute Gasteiger partial charge is 0.297 e. The zero-order valence-electron chi connectivity index (χ0n) is 15.1. The van der Waals surface area contributed by atoms with Gasteiger partial charge in [-0.1, -0.05) is 18.2 Å². The Kier molecular flexibility index (Phi) is 3.95. The van der Waals surface area contributed by atoms with Gasteiger partial charge in [-0.2, -0.15) is 0 Å². The molecule has 3 heterocycles. The lowest BCUT2D eigenvalue weighted by Crippen LogP contribution is -2.29. The molecule has 1 aliphatic heterocycles. The molecule has 1 atom stereocenters. The number of fused-ring (bicyclic) bond motifs is 2. The Morgan fingerprint density at radius 2 is 2.03 bits per heavy atom. The summed E-state index contributed by atoms with van der Waals surface area (Å²) in [5.74, 6) is -0.674. The molecule has 0 saturated heterocycles. The molecule has 1 amide bonds. The number of carbonyl (C=O) groups is 1. The third kappa shape index (κ3) is 2.56. The van der Waals surface area contributed by atoms with Crippen LogP contribution in [0.5, 0.6) is 5.75 Å². The molecule has 0 aliphatic carbocycles. The Morgan fingerprint density at radius 1 is 1.21 bits per heavy atom. The zero-order chi connectivity index (χ0) is 20.1. The Morgan fingerprint density at radius 3 is 2.76 bits per heavy atom. The third-order valence-corrected chi connectivity index (χ3v) is 5.68. The van der Waals surface area contributed by atoms with Crippen LogP contribution in [0.4, 0.5) is 9.52 Å². The van der Waals surface area contributed by atoms with E-state index in [1.54, 1.807) is 48.0 Å². The molecule has 0 saturated carbocycles. The van der Waals surface area contributed by atoms with Gasteiger partial charge in [-0.05, 0) is 18.2 Å². The number of benzene rings is 2. The van der Waals surface area contributed by atoms with Crippen LogP contribution in [0.1, 0.15) is 27.7 Å². The van der Waals surface area contributed by atoms with Crippen LogP contribution in [0, 0.1) is 5.82 Å². The molecule has 5 rings (SSSR count). The fourth-order valence-electron chi connectivity index (χ4n) is 3.60. The Balaban J connectivity index is 1.84.